The second-order valence-electron chi connectivity index (χ2n) is 8.42. The topological polar surface area (TPSA) is 53.4 Å². The molecule has 2 amide bonds. The Morgan fingerprint density at radius 3 is 2.71 bits per heavy atom. The normalized spacial score (nSPS) is 16.2. The van der Waals surface area contributed by atoms with E-state index in [-0.39, 0.29) is 12.1 Å². The SMILES string of the molecule is CC1CCN(C(CNC(=O)N(C)Cc2cnn(-c3ccccc3)c2)c2cccs2)CC1. The molecular weight excluding hydrogens is 406 g/mol. The zero-order chi connectivity index (χ0) is 21.6. The molecule has 3 aromatic rings. The smallest absolute Gasteiger partial charge is 0.317 e. The molecule has 1 fully saturated rings. The van der Waals surface area contributed by atoms with Crippen LogP contribution >= 0.6 is 11.3 Å². The van der Waals surface area contributed by atoms with E-state index in [0.717, 1.165) is 30.3 Å². The van der Waals surface area contributed by atoms with Crippen molar-refractivity contribution in [2.24, 2.45) is 5.92 Å². The molecule has 2 aromatic heterocycles. The molecule has 1 aliphatic rings. The molecule has 1 saturated heterocycles. The van der Waals surface area contributed by atoms with E-state index in [2.05, 4.69) is 39.8 Å². The third-order valence-electron chi connectivity index (χ3n) is 6.00. The maximum Gasteiger partial charge on any atom is 0.317 e. The number of para-hydroxylation sites is 1. The molecule has 1 aromatic carbocycles. The first-order valence-corrected chi connectivity index (χ1v) is 11.8. The number of carbonyl (C=O) groups excluding carboxylic acids is 1. The van der Waals surface area contributed by atoms with E-state index in [4.69, 9.17) is 0 Å². The van der Waals surface area contributed by atoms with Crippen molar-refractivity contribution in [2.75, 3.05) is 26.7 Å². The highest BCUT2D eigenvalue weighted by atomic mass is 32.1. The van der Waals surface area contributed by atoms with Crippen LogP contribution < -0.4 is 5.32 Å². The predicted octanol–water partition coefficient (Wildman–Crippen LogP) is 4.55. The van der Waals surface area contributed by atoms with E-state index in [1.165, 1.54) is 17.7 Å². The summed E-state index contributed by atoms with van der Waals surface area (Å²) < 4.78 is 1.84. The van der Waals surface area contributed by atoms with E-state index in [9.17, 15) is 4.79 Å². The summed E-state index contributed by atoms with van der Waals surface area (Å²) in [7, 11) is 1.83. The number of hydrogen-bond acceptors (Lipinski definition) is 4. The Balaban J connectivity index is 1.34. The molecule has 6 nitrogen and oxygen atoms in total. The number of amides is 2. The van der Waals surface area contributed by atoms with Crippen molar-refractivity contribution in [3.63, 3.8) is 0 Å². The van der Waals surface area contributed by atoms with Gasteiger partial charge in [-0.25, -0.2) is 9.48 Å². The fourth-order valence-electron chi connectivity index (χ4n) is 4.06. The molecular formula is C24H31N5OS. The lowest BCUT2D eigenvalue weighted by molar-refractivity contribution is 0.135. The second kappa shape index (κ2) is 10.1. The van der Waals surface area contributed by atoms with Gasteiger partial charge in [-0.2, -0.15) is 5.10 Å². The maximum absolute atomic E-state index is 12.8. The number of urea groups is 1. The molecule has 0 spiro atoms. The van der Waals surface area contributed by atoms with Crippen LogP contribution in [0.15, 0.2) is 60.2 Å². The average molecular weight is 438 g/mol. The van der Waals surface area contributed by atoms with Crippen LogP contribution in [0, 0.1) is 5.92 Å². The highest BCUT2D eigenvalue weighted by Gasteiger charge is 2.26. The highest BCUT2D eigenvalue weighted by molar-refractivity contribution is 7.10. The van der Waals surface area contributed by atoms with E-state index >= 15 is 0 Å². The van der Waals surface area contributed by atoms with Gasteiger partial charge in [0.05, 0.1) is 24.5 Å². The highest BCUT2D eigenvalue weighted by Crippen LogP contribution is 2.29. The van der Waals surface area contributed by atoms with Gasteiger partial charge in [-0.3, -0.25) is 4.90 Å². The standard InChI is InChI=1S/C24H31N5OS/c1-19-10-12-28(13-11-19)22(23-9-6-14-31-23)16-25-24(30)27(2)17-20-15-26-29(18-20)21-7-4-3-5-8-21/h3-9,14-15,18-19,22H,10-13,16-17H2,1-2H3,(H,25,30). The van der Waals surface area contributed by atoms with Crippen molar-refractivity contribution in [3.8, 4) is 5.69 Å². The van der Waals surface area contributed by atoms with Crippen LogP contribution in [0.2, 0.25) is 0 Å². The van der Waals surface area contributed by atoms with Gasteiger partial charge in [-0.15, -0.1) is 11.3 Å². The number of piperidine rings is 1. The molecule has 31 heavy (non-hydrogen) atoms. The molecule has 3 heterocycles. The predicted molar refractivity (Wildman–Crippen MR) is 125 cm³/mol. The van der Waals surface area contributed by atoms with E-state index in [1.807, 2.05) is 54.5 Å². The molecule has 1 unspecified atom stereocenters. The van der Waals surface area contributed by atoms with Crippen molar-refractivity contribution < 1.29 is 4.79 Å². The van der Waals surface area contributed by atoms with Gasteiger partial charge < -0.3 is 10.2 Å². The first-order chi connectivity index (χ1) is 15.1. The lowest BCUT2D eigenvalue weighted by Gasteiger charge is -2.36. The Morgan fingerprint density at radius 1 is 1.23 bits per heavy atom. The number of aromatic nitrogens is 2. The van der Waals surface area contributed by atoms with Gasteiger partial charge in [0.1, 0.15) is 0 Å². The van der Waals surface area contributed by atoms with Crippen LogP contribution in [0.3, 0.4) is 0 Å². The minimum absolute atomic E-state index is 0.0561. The summed E-state index contributed by atoms with van der Waals surface area (Å²) >= 11 is 1.77. The summed E-state index contributed by atoms with van der Waals surface area (Å²) in [4.78, 5) is 18.4. The van der Waals surface area contributed by atoms with Crippen molar-refractivity contribution >= 4 is 17.4 Å². The first-order valence-electron chi connectivity index (χ1n) is 11.0. The van der Waals surface area contributed by atoms with Crippen LogP contribution in [-0.2, 0) is 6.54 Å². The molecule has 1 aliphatic heterocycles. The molecule has 1 N–H and O–H groups in total. The van der Waals surface area contributed by atoms with Crippen LogP contribution in [0.5, 0.6) is 0 Å². The molecule has 164 valence electrons. The summed E-state index contributed by atoms with van der Waals surface area (Å²) in [5.74, 6) is 0.790. The van der Waals surface area contributed by atoms with E-state index in [0.29, 0.717) is 13.1 Å². The Morgan fingerprint density at radius 2 is 2.00 bits per heavy atom. The molecule has 0 bridgehead atoms. The molecule has 0 radical (unpaired) electrons. The Labute approximate surface area is 188 Å². The fraction of sp³-hybridized carbons (Fsp3) is 0.417. The quantitative estimate of drug-likeness (QED) is 0.590. The van der Waals surface area contributed by atoms with Gasteiger partial charge in [0.2, 0.25) is 0 Å². The molecule has 1 atom stereocenters. The van der Waals surface area contributed by atoms with Crippen LogP contribution in [0.4, 0.5) is 4.79 Å². The third kappa shape index (κ3) is 5.54. The van der Waals surface area contributed by atoms with Crippen molar-refractivity contribution in [2.45, 2.75) is 32.4 Å². The average Bonchev–Trinajstić information content (AvgIpc) is 3.48. The monoisotopic (exact) mass is 437 g/mol. The summed E-state index contributed by atoms with van der Waals surface area (Å²) in [6, 6.07) is 14.5. The lowest BCUT2D eigenvalue weighted by Crippen LogP contribution is -2.44. The second-order valence-corrected chi connectivity index (χ2v) is 9.40. The molecule has 7 heteroatoms. The largest absolute Gasteiger partial charge is 0.336 e. The Hall–Kier alpha value is -2.64. The maximum atomic E-state index is 12.8. The van der Waals surface area contributed by atoms with Crippen LogP contribution in [-0.4, -0.2) is 52.3 Å². The van der Waals surface area contributed by atoms with E-state index in [1.54, 1.807) is 16.2 Å². The van der Waals surface area contributed by atoms with Gasteiger partial charge in [0, 0.05) is 30.2 Å². The summed E-state index contributed by atoms with van der Waals surface area (Å²) in [6.07, 6.45) is 6.24. The third-order valence-corrected chi connectivity index (χ3v) is 6.97. The minimum atomic E-state index is -0.0561. The van der Waals surface area contributed by atoms with Crippen LogP contribution in [0.25, 0.3) is 5.69 Å². The van der Waals surface area contributed by atoms with Crippen molar-refractivity contribution in [3.05, 3.63) is 70.7 Å². The van der Waals surface area contributed by atoms with Gasteiger partial charge in [-0.05, 0) is 55.4 Å². The van der Waals surface area contributed by atoms with Gasteiger partial charge >= 0.3 is 6.03 Å². The number of likely N-dealkylation sites (tertiary alicyclic amines) is 1. The summed E-state index contributed by atoms with van der Waals surface area (Å²) in [6.45, 7) is 5.65. The summed E-state index contributed by atoms with van der Waals surface area (Å²) in [5, 5.41) is 9.71. The lowest BCUT2D eigenvalue weighted by atomic mass is 9.97. The number of nitrogens with zero attached hydrogens (tertiary/aromatic N) is 4. The number of benzene rings is 1. The van der Waals surface area contributed by atoms with Crippen LogP contribution in [0.1, 0.15) is 36.2 Å². The molecule has 0 aliphatic carbocycles. The number of hydrogen-bond donors (Lipinski definition) is 1. The molecule has 0 saturated carbocycles. The van der Waals surface area contributed by atoms with Crippen molar-refractivity contribution in [1.29, 1.82) is 0 Å². The van der Waals surface area contributed by atoms with Crippen molar-refractivity contribution in [1.82, 2.24) is 24.9 Å². The minimum Gasteiger partial charge on any atom is -0.336 e. The number of carbonyl (C=O) groups is 1. The van der Waals surface area contributed by atoms with Gasteiger partial charge in [0.15, 0.2) is 0 Å². The number of thiophene rings is 1. The first kappa shape index (κ1) is 21.6. The molecule has 4 rings (SSSR count). The van der Waals surface area contributed by atoms with Gasteiger partial charge in [0.25, 0.3) is 0 Å². The van der Waals surface area contributed by atoms with E-state index < -0.39 is 0 Å². The van der Waals surface area contributed by atoms with Gasteiger partial charge in [-0.1, -0.05) is 31.2 Å². The summed E-state index contributed by atoms with van der Waals surface area (Å²) in [5.41, 5.74) is 2.01. The Kier molecular flexibility index (Phi) is 7.04. The number of rotatable bonds is 7. The Bertz CT molecular complexity index is 948. The number of nitrogens with one attached hydrogen (secondary N) is 1. The zero-order valence-corrected chi connectivity index (χ0v) is 19.1. The zero-order valence-electron chi connectivity index (χ0n) is 18.3. The fourth-order valence-corrected chi connectivity index (χ4v) is 4.92.